The van der Waals surface area contributed by atoms with Crippen LogP contribution in [0.1, 0.15) is 49.4 Å². The maximum Gasteiger partial charge on any atom is 0.292 e. The molecule has 36 heavy (non-hydrogen) atoms. The minimum Gasteiger partial charge on any atom is -0.493 e. The molecule has 8 nitrogen and oxygen atoms in total. The van der Waals surface area contributed by atoms with E-state index in [1.54, 1.807) is 23.1 Å². The van der Waals surface area contributed by atoms with Crippen LogP contribution in [-0.4, -0.2) is 84.6 Å². The highest BCUT2D eigenvalue weighted by atomic mass is 35.5. The number of benzene rings is 1. The molecule has 9 heteroatoms. The van der Waals surface area contributed by atoms with Gasteiger partial charge in [0.2, 0.25) is 11.7 Å². The van der Waals surface area contributed by atoms with Crippen LogP contribution in [0.5, 0.6) is 5.75 Å². The first-order valence-corrected chi connectivity index (χ1v) is 13.2. The lowest BCUT2D eigenvalue weighted by molar-refractivity contribution is -0.136. The highest BCUT2D eigenvalue weighted by Gasteiger charge is 2.40. The normalized spacial score (nSPS) is 18.5. The topological polar surface area (TPSA) is 79.1 Å². The molecule has 0 radical (unpaired) electrons. The van der Waals surface area contributed by atoms with Gasteiger partial charge >= 0.3 is 0 Å². The van der Waals surface area contributed by atoms with Crippen molar-refractivity contribution in [2.75, 3.05) is 52.9 Å². The minimum atomic E-state index is -0.346. The lowest BCUT2D eigenvalue weighted by Gasteiger charge is -2.42. The van der Waals surface area contributed by atoms with Gasteiger partial charge in [-0.1, -0.05) is 30.6 Å². The number of hydrogen-bond acceptors (Lipinski definition) is 6. The molecule has 0 spiro atoms. The molecule has 0 bridgehead atoms. The summed E-state index contributed by atoms with van der Waals surface area (Å²) in [6.07, 6.45) is 2.54. The first-order valence-electron chi connectivity index (χ1n) is 12.8. The van der Waals surface area contributed by atoms with Gasteiger partial charge in [0, 0.05) is 62.2 Å². The van der Waals surface area contributed by atoms with Gasteiger partial charge in [-0.3, -0.25) is 9.59 Å². The number of hydrogen-bond donors (Lipinski definition) is 0. The number of piperazine rings is 1. The quantitative estimate of drug-likeness (QED) is 0.528. The predicted molar refractivity (Wildman–Crippen MR) is 138 cm³/mol. The number of rotatable bonds is 8. The number of carbonyl (C=O) groups excluding carboxylic acids is 2. The Morgan fingerprint density at radius 2 is 1.72 bits per heavy atom. The number of amides is 2. The predicted octanol–water partition coefficient (Wildman–Crippen LogP) is 3.99. The summed E-state index contributed by atoms with van der Waals surface area (Å²) in [5.41, 5.74) is 0.454. The van der Waals surface area contributed by atoms with E-state index in [4.69, 9.17) is 20.9 Å². The largest absolute Gasteiger partial charge is 0.493 e. The second kappa shape index (κ2) is 11.6. The second-order valence-corrected chi connectivity index (χ2v) is 11.1. The summed E-state index contributed by atoms with van der Waals surface area (Å²) < 4.78 is 11.5. The molecule has 1 aromatic carbocycles. The second-order valence-electron chi connectivity index (χ2n) is 10.7. The van der Waals surface area contributed by atoms with Crippen molar-refractivity contribution in [2.24, 2.45) is 11.3 Å². The lowest BCUT2D eigenvalue weighted by atomic mass is 9.75. The Bertz CT molecular complexity index is 1020. The van der Waals surface area contributed by atoms with E-state index in [2.05, 4.69) is 31.0 Å². The molecule has 2 aromatic rings. The summed E-state index contributed by atoms with van der Waals surface area (Å²) in [7, 11) is 2.08. The van der Waals surface area contributed by atoms with Gasteiger partial charge in [-0.15, -0.1) is 0 Å². The van der Waals surface area contributed by atoms with Gasteiger partial charge in [0.25, 0.3) is 5.91 Å². The smallest absolute Gasteiger partial charge is 0.292 e. The molecule has 0 saturated carbocycles. The Balaban J connectivity index is 1.42. The summed E-state index contributed by atoms with van der Waals surface area (Å²) in [6.45, 7) is 8.98. The van der Waals surface area contributed by atoms with E-state index >= 15 is 0 Å². The van der Waals surface area contributed by atoms with Crippen molar-refractivity contribution in [1.82, 2.24) is 19.9 Å². The maximum absolute atomic E-state index is 13.3. The van der Waals surface area contributed by atoms with Crippen LogP contribution < -0.4 is 4.74 Å². The van der Waals surface area contributed by atoms with Gasteiger partial charge in [0.15, 0.2) is 0 Å². The fraction of sp³-hybridized carbons (Fsp3) is 0.593. The van der Waals surface area contributed by atoms with E-state index in [0.29, 0.717) is 49.9 Å². The first-order chi connectivity index (χ1) is 17.2. The van der Waals surface area contributed by atoms with Gasteiger partial charge in [-0.2, -0.15) is 0 Å². The average Bonchev–Trinajstić information content (AvgIpc) is 3.32. The van der Waals surface area contributed by atoms with Gasteiger partial charge in [0.05, 0.1) is 12.3 Å². The van der Waals surface area contributed by atoms with E-state index in [-0.39, 0.29) is 23.0 Å². The van der Waals surface area contributed by atoms with Crippen LogP contribution in [0.2, 0.25) is 5.02 Å². The molecule has 4 rings (SSSR count). The Labute approximate surface area is 218 Å². The van der Waals surface area contributed by atoms with Gasteiger partial charge < -0.3 is 24.0 Å². The molecular formula is C27H37ClN4O4. The molecule has 3 heterocycles. The number of nitrogens with zero attached hydrogens (tertiary/aromatic N) is 4. The first kappa shape index (κ1) is 26.5. The molecule has 0 N–H and O–H groups in total. The number of carbonyl (C=O) groups is 2. The molecule has 2 fully saturated rings. The van der Waals surface area contributed by atoms with Crippen molar-refractivity contribution >= 4 is 23.4 Å². The standard InChI is InChI=1S/C27H37ClN4O4/c1-20(2)16-22-17-24(36-29-22)26(34)32-10-8-27(9-11-32,19-35-23-6-4-21(28)5-7-23)18-25(33)31-14-12-30(3)13-15-31/h4-7,17,20H,8-16,18-19H2,1-3H3. The van der Waals surface area contributed by atoms with Crippen LogP contribution in [0.3, 0.4) is 0 Å². The zero-order valence-corrected chi connectivity index (χ0v) is 22.3. The number of piperidine rings is 1. The third-order valence-electron chi connectivity index (χ3n) is 7.24. The fourth-order valence-electron chi connectivity index (χ4n) is 4.89. The van der Waals surface area contributed by atoms with Crippen molar-refractivity contribution in [2.45, 2.75) is 39.5 Å². The van der Waals surface area contributed by atoms with Crippen molar-refractivity contribution in [3.63, 3.8) is 0 Å². The molecule has 2 aliphatic rings. The van der Waals surface area contributed by atoms with Crippen LogP contribution in [-0.2, 0) is 11.2 Å². The molecule has 0 aliphatic carbocycles. The van der Waals surface area contributed by atoms with Crippen molar-refractivity contribution < 1.29 is 18.8 Å². The summed E-state index contributed by atoms with van der Waals surface area (Å²) in [5, 5.41) is 4.71. The average molecular weight is 517 g/mol. The highest BCUT2D eigenvalue weighted by Crippen LogP contribution is 2.37. The number of likely N-dealkylation sites (N-methyl/N-ethyl adjacent to an activating group) is 1. The van der Waals surface area contributed by atoms with Gasteiger partial charge in [-0.05, 0) is 56.5 Å². The van der Waals surface area contributed by atoms with Crippen LogP contribution in [0.15, 0.2) is 34.9 Å². The van der Waals surface area contributed by atoms with Crippen molar-refractivity contribution in [3.05, 3.63) is 46.8 Å². The summed E-state index contributed by atoms with van der Waals surface area (Å²) in [5.74, 6) is 1.46. The molecule has 2 saturated heterocycles. The number of likely N-dealkylation sites (tertiary alicyclic amines) is 1. The fourth-order valence-corrected chi connectivity index (χ4v) is 5.02. The Hall–Kier alpha value is -2.58. The third kappa shape index (κ3) is 6.79. The van der Waals surface area contributed by atoms with E-state index < -0.39 is 0 Å². The van der Waals surface area contributed by atoms with Crippen LogP contribution >= 0.6 is 11.6 Å². The lowest BCUT2D eigenvalue weighted by Crippen LogP contribution is -2.51. The van der Waals surface area contributed by atoms with Crippen LogP contribution in [0.25, 0.3) is 0 Å². The van der Waals surface area contributed by atoms with Crippen LogP contribution in [0, 0.1) is 11.3 Å². The summed E-state index contributed by atoms with van der Waals surface area (Å²) >= 11 is 6.02. The molecular weight excluding hydrogens is 480 g/mol. The number of ether oxygens (including phenoxy) is 1. The third-order valence-corrected chi connectivity index (χ3v) is 7.49. The molecule has 2 aliphatic heterocycles. The highest BCUT2D eigenvalue weighted by molar-refractivity contribution is 6.30. The van der Waals surface area contributed by atoms with Gasteiger partial charge in [0.1, 0.15) is 5.75 Å². The molecule has 196 valence electrons. The Morgan fingerprint density at radius 3 is 2.36 bits per heavy atom. The van der Waals surface area contributed by atoms with E-state index in [0.717, 1.165) is 44.0 Å². The Kier molecular flexibility index (Phi) is 8.57. The zero-order chi connectivity index (χ0) is 25.7. The van der Waals surface area contributed by atoms with Gasteiger partial charge in [-0.25, -0.2) is 0 Å². The SMILES string of the molecule is CC(C)Cc1cc(C(=O)N2CCC(COc3ccc(Cl)cc3)(CC(=O)N3CCN(C)CC3)CC2)on1. The Morgan fingerprint density at radius 1 is 1.06 bits per heavy atom. The number of aromatic nitrogens is 1. The van der Waals surface area contributed by atoms with E-state index in [1.165, 1.54) is 0 Å². The molecule has 1 aromatic heterocycles. The van der Waals surface area contributed by atoms with Crippen LogP contribution in [0.4, 0.5) is 0 Å². The van der Waals surface area contributed by atoms with Crippen molar-refractivity contribution in [3.8, 4) is 5.75 Å². The molecule has 0 unspecified atom stereocenters. The zero-order valence-electron chi connectivity index (χ0n) is 21.5. The molecule has 0 atom stereocenters. The van der Waals surface area contributed by atoms with E-state index in [9.17, 15) is 9.59 Å². The number of halogens is 1. The summed E-state index contributed by atoms with van der Waals surface area (Å²) in [6, 6.07) is 9.03. The van der Waals surface area contributed by atoms with E-state index in [1.807, 2.05) is 17.0 Å². The molecule has 2 amide bonds. The maximum atomic E-state index is 13.3. The minimum absolute atomic E-state index is 0.143. The summed E-state index contributed by atoms with van der Waals surface area (Å²) in [4.78, 5) is 32.4. The monoisotopic (exact) mass is 516 g/mol. The van der Waals surface area contributed by atoms with Crippen molar-refractivity contribution in [1.29, 1.82) is 0 Å².